The van der Waals surface area contributed by atoms with Crippen molar-refractivity contribution in [1.82, 2.24) is 15.2 Å². The average Bonchev–Trinajstić information content (AvgIpc) is 3.02. The number of nitrogens with one attached hydrogen (secondary N) is 2. The van der Waals surface area contributed by atoms with Gasteiger partial charge in [0, 0.05) is 23.0 Å². The van der Waals surface area contributed by atoms with Crippen molar-refractivity contribution in [1.29, 1.82) is 0 Å². The number of carbonyl (C=O) groups is 3. The maximum atomic E-state index is 13.0. The van der Waals surface area contributed by atoms with E-state index in [1.54, 1.807) is 27.7 Å². The fraction of sp³-hybridized carbons (Fsp3) is 0.476. The molecule has 156 valence electrons. The van der Waals surface area contributed by atoms with E-state index in [9.17, 15) is 14.4 Å². The van der Waals surface area contributed by atoms with Crippen LogP contribution in [-0.4, -0.2) is 52.6 Å². The molecule has 2 N–H and O–H groups in total. The van der Waals surface area contributed by atoms with Gasteiger partial charge in [-0.1, -0.05) is 18.2 Å². The number of nitrogens with zero attached hydrogens (tertiary/aromatic N) is 1. The topological polar surface area (TPSA) is 101 Å². The van der Waals surface area contributed by atoms with Crippen LogP contribution in [0.5, 0.6) is 0 Å². The van der Waals surface area contributed by atoms with E-state index in [0.29, 0.717) is 6.42 Å². The smallest absolute Gasteiger partial charge is 0.411 e. The highest BCUT2D eigenvalue weighted by atomic mass is 16.6. The molecule has 3 rings (SSSR count). The van der Waals surface area contributed by atoms with Crippen molar-refractivity contribution in [2.45, 2.75) is 58.3 Å². The molecule has 8 nitrogen and oxygen atoms in total. The SMILES string of the molecule is COC(=O)[C@H](C)NC(=O)[C@@H]1Cc2c([nH]c3ccccc23)CN1C(=O)OC(C)(C)C. The Morgan fingerprint density at radius 3 is 2.59 bits per heavy atom. The summed E-state index contributed by atoms with van der Waals surface area (Å²) in [6.45, 7) is 7.08. The van der Waals surface area contributed by atoms with E-state index in [1.807, 2.05) is 24.3 Å². The summed E-state index contributed by atoms with van der Waals surface area (Å²) in [5, 5.41) is 3.66. The van der Waals surface area contributed by atoms with Gasteiger partial charge in [0.15, 0.2) is 0 Å². The zero-order valence-corrected chi connectivity index (χ0v) is 17.4. The molecule has 0 bridgehead atoms. The molecule has 2 aromatic rings. The molecule has 1 aromatic heterocycles. The lowest BCUT2D eigenvalue weighted by molar-refractivity contribution is -0.145. The first-order chi connectivity index (χ1) is 13.6. The van der Waals surface area contributed by atoms with Crippen LogP contribution < -0.4 is 5.32 Å². The number of ether oxygens (including phenoxy) is 2. The first-order valence-corrected chi connectivity index (χ1v) is 9.57. The van der Waals surface area contributed by atoms with Gasteiger partial charge in [0.2, 0.25) is 5.91 Å². The van der Waals surface area contributed by atoms with Gasteiger partial charge in [-0.15, -0.1) is 0 Å². The normalized spacial score (nSPS) is 17.4. The number of benzene rings is 1. The maximum Gasteiger partial charge on any atom is 0.411 e. The lowest BCUT2D eigenvalue weighted by Gasteiger charge is -2.36. The van der Waals surface area contributed by atoms with Crippen molar-refractivity contribution in [3.63, 3.8) is 0 Å². The lowest BCUT2D eigenvalue weighted by atomic mass is 9.96. The highest BCUT2D eigenvalue weighted by molar-refractivity contribution is 5.92. The molecule has 0 saturated carbocycles. The van der Waals surface area contributed by atoms with E-state index in [4.69, 9.17) is 4.74 Å². The van der Waals surface area contributed by atoms with Gasteiger partial charge in [-0.25, -0.2) is 9.59 Å². The molecule has 1 aromatic carbocycles. The van der Waals surface area contributed by atoms with Crippen LogP contribution in [0.1, 0.15) is 39.0 Å². The minimum atomic E-state index is -0.822. The van der Waals surface area contributed by atoms with Crippen molar-refractivity contribution < 1.29 is 23.9 Å². The maximum absolute atomic E-state index is 13.0. The minimum Gasteiger partial charge on any atom is -0.467 e. The molecule has 29 heavy (non-hydrogen) atoms. The zero-order valence-electron chi connectivity index (χ0n) is 17.4. The second-order valence-corrected chi connectivity index (χ2v) is 8.21. The van der Waals surface area contributed by atoms with Crippen molar-refractivity contribution >= 4 is 28.9 Å². The Balaban J connectivity index is 1.94. The van der Waals surface area contributed by atoms with Gasteiger partial charge in [-0.3, -0.25) is 9.69 Å². The van der Waals surface area contributed by atoms with Crippen molar-refractivity contribution in [2.24, 2.45) is 0 Å². The molecular weight excluding hydrogens is 374 g/mol. The monoisotopic (exact) mass is 401 g/mol. The Hall–Kier alpha value is -3.03. The quantitative estimate of drug-likeness (QED) is 0.770. The van der Waals surface area contributed by atoms with Gasteiger partial charge in [0.1, 0.15) is 17.7 Å². The first-order valence-electron chi connectivity index (χ1n) is 9.57. The number of para-hydroxylation sites is 1. The average molecular weight is 401 g/mol. The Morgan fingerprint density at radius 1 is 1.24 bits per heavy atom. The van der Waals surface area contributed by atoms with Gasteiger partial charge in [0.25, 0.3) is 0 Å². The van der Waals surface area contributed by atoms with Crippen LogP contribution in [0.25, 0.3) is 10.9 Å². The fourth-order valence-electron chi connectivity index (χ4n) is 3.50. The third kappa shape index (κ3) is 4.36. The predicted molar refractivity (Wildman–Crippen MR) is 107 cm³/mol. The number of aromatic amines is 1. The van der Waals surface area contributed by atoms with E-state index in [2.05, 4.69) is 15.0 Å². The number of fused-ring (bicyclic) bond motifs is 3. The molecule has 0 aliphatic carbocycles. The number of amides is 2. The van der Waals surface area contributed by atoms with Crippen LogP contribution in [-0.2, 0) is 32.0 Å². The standard InChI is InChI=1S/C21H27N3O5/c1-12(19(26)28-5)22-18(25)17-10-14-13-8-6-7-9-15(13)23-16(14)11-24(17)20(27)29-21(2,3)4/h6-9,12,17,23H,10-11H2,1-5H3,(H,22,25)/t12-,17-/m0/s1. The highest BCUT2D eigenvalue weighted by Gasteiger charge is 2.39. The molecule has 1 aliphatic heterocycles. The van der Waals surface area contributed by atoms with Crippen molar-refractivity contribution in [2.75, 3.05) is 7.11 Å². The van der Waals surface area contributed by atoms with Crippen molar-refractivity contribution in [3.8, 4) is 0 Å². The zero-order chi connectivity index (χ0) is 21.3. The molecule has 2 heterocycles. The van der Waals surface area contributed by atoms with Gasteiger partial charge in [0.05, 0.1) is 13.7 Å². The Bertz CT molecular complexity index is 943. The van der Waals surface area contributed by atoms with Crippen LogP contribution in [0.2, 0.25) is 0 Å². The van der Waals surface area contributed by atoms with Crippen LogP contribution in [0.3, 0.4) is 0 Å². The molecule has 2 amide bonds. The summed E-state index contributed by atoms with van der Waals surface area (Å²) in [4.78, 5) is 42.3. The van der Waals surface area contributed by atoms with E-state index in [0.717, 1.165) is 22.2 Å². The third-order valence-electron chi connectivity index (χ3n) is 4.85. The predicted octanol–water partition coefficient (Wildman–Crippen LogP) is 2.51. The molecule has 0 radical (unpaired) electrons. The number of methoxy groups -OCH3 is 1. The number of carbonyl (C=O) groups excluding carboxylic acids is 3. The summed E-state index contributed by atoms with van der Waals surface area (Å²) >= 11 is 0. The van der Waals surface area contributed by atoms with E-state index in [-0.39, 0.29) is 6.54 Å². The highest BCUT2D eigenvalue weighted by Crippen LogP contribution is 2.31. The van der Waals surface area contributed by atoms with Gasteiger partial charge >= 0.3 is 12.1 Å². The molecule has 1 aliphatic rings. The second-order valence-electron chi connectivity index (χ2n) is 8.21. The molecule has 8 heteroatoms. The second kappa shape index (κ2) is 7.77. The molecule has 0 unspecified atom stereocenters. The summed E-state index contributed by atoms with van der Waals surface area (Å²) < 4.78 is 10.2. The lowest BCUT2D eigenvalue weighted by Crippen LogP contribution is -2.55. The Morgan fingerprint density at radius 2 is 1.93 bits per heavy atom. The number of hydrogen-bond acceptors (Lipinski definition) is 5. The van der Waals surface area contributed by atoms with Gasteiger partial charge < -0.3 is 19.8 Å². The van der Waals surface area contributed by atoms with E-state index >= 15 is 0 Å². The van der Waals surface area contributed by atoms with Crippen LogP contribution in [0, 0.1) is 0 Å². The minimum absolute atomic E-state index is 0.212. The summed E-state index contributed by atoms with van der Waals surface area (Å²) in [5.74, 6) is -0.976. The summed E-state index contributed by atoms with van der Waals surface area (Å²) in [6, 6.07) is 6.18. The number of esters is 1. The van der Waals surface area contributed by atoms with E-state index in [1.165, 1.54) is 12.0 Å². The van der Waals surface area contributed by atoms with Crippen LogP contribution >= 0.6 is 0 Å². The first kappa shape index (κ1) is 20.7. The third-order valence-corrected chi connectivity index (χ3v) is 4.85. The number of H-pyrrole nitrogens is 1. The molecule has 0 fully saturated rings. The Kier molecular flexibility index (Phi) is 5.55. The molecule has 0 spiro atoms. The summed E-state index contributed by atoms with van der Waals surface area (Å²) in [7, 11) is 1.26. The fourth-order valence-corrected chi connectivity index (χ4v) is 3.50. The number of hydrogen-bond donors (Lipinski definition) is 2. The molecule has 2 atom stereocenters. The molecular formula is C21H27N3O5. The molecule has 0 saturated heterocycles. The van der Waals surface area contributed by atoms with Gasteiger partial charge in [-0.05, 0) is 39.3 Å². The largest absolute Gasteiger partial charge is 0.467 e. The van der Waals surface area contributed by atoms with Gasteiger partial charge in [-0.2, -0.15) is 0 Å². The van der Waals surface area contributed by atoms with Crippen LogP contribution in [0.4, 0.5) is 4.79 Å². The summed E-state index contributed by atoms with van der Waals surface area (Å²) in [6.07, 6.45) is -0.258. The van der Waals surface area contributed by atoms with E-state index < -0.39 is 35.7 Å². The Labute approximate surface area is 169 Å². The summed E-state index contributed by atoms with van der Waals surface area (Å²) in [5.41, 5.74) is 2.12. The number of rotatable bonds is 3. The van der Waals surface area contributed by atoms with Crippen LogP contribution in [0.15, 0.2) is 24.3 Å². The number of aromatic nitrogens is 1. The van der Waals surface area contributed by atoms with Crippen molar-refractivity contribution in [3.05, 3.63) is 35.5 Å².